The summed E-state index contributed by atoms with van der Waals surface area (Å²) in [5.41, 5.74) is -3.23. The van der Waals surface area contributed by atoms with Crippen molar-refractivity contribution in [3.63, 3.8) is 0 Å². The number of aromatic hydroxyl groups is 3. The number of nitrogens with zero attached hydrogens (tertiary/aromatic N) is 3. The third-order valence-electron chi connectivity index (χ3n) is 6.08. The first kappa shape index (κ1) is 29.2. The molecule has 0 radical (unpaired) electrons. The summed E-state index contributed by atoms with van der Waals surface area (Å²) in [7, 11) is 4.33. The van der Waals surface area contributed by atoms with Gasteiger partial charge < -0.3 is 45.0 Å². The summed E-state index contributed by atoms with van der Waals surface area (Å²) in [5, 5.41) is 37.8. The number of carbonyl (C=O) groups excluding carboxylic acids is 3. The van der Waals surface area contributed by atoms with Crippen LogP contribution in [-0.2, 0) is 21.1 Å². The molecule has 15 heteroatoms. The van der Waals surface area contributed by atoms with Crippen LogP contribution in [0.2, 0.25) is 0 Å². The molecule has 0 aliphatic rings. The molecule has 3 aromatic rings. The number of pyridine rings is 3. The number of hydrogen-bond donors (Lipinski definition) is 6. The fourth-order valence-electron chi connectivity index (χ4n) is 3.83. The number of carbonyl (C=O) groups is 3. The van der Waals surface area contributed by atoms with Crippen LogP contribution in [0.25, 0.3) is 0 Å². The third kappa shape index (κ3) is 6.20. The van der Waals surface area contributed by atoms with Gasteiger partial charge in [0.15, 0.2) is 34.3 Å². The van der Waals surface area contributed by atoms with Gasteiger partial charge in [-0.1, -0.05) is 0 Å². The molecule has 15 nitrogen and oxygen atoms in total. The molecule has 0 aromatic carbocycles. The predicted octanol–water partition coefficient (Wildman–Crippen LogP) is -1.89. The van der Waals surface area contributed by atoms with Crippen LogP contribution in [0.1, 0.15) is 31.5 Å². The zero-order chi connectivity index (χ0) is 29.7. The highest BCUT2D eigenvalue weighted by atomic mass is 16.3. The molecule has 3 aromatic heterocycles. The minimum absolute atomic E-state index is 0.193. The Morgan fingerprint density at radius 1 is 0.600 bits per heavy atom. The molecule has 0 fully saturated rings. The molecule has 3 rings (SSSR count). The molecule has 3 heterocycles. The summed E-state index contributed by atoms with van der Waals surface area (Å²) in [6, 6.07) is 3.25. The Morgan fingerprint density at radius 2 is 0.850 bits per heavy atom. The lowest BCUT2D eigenvalue weighted by molar-refractivity contribution is 0.0921. The average molecular weight is 557 g/mol. The van der Waals surface area contributed by atoms with Gasteiger partial charge in [-0.2, -0.15) is 0 Å². The zero-order valence-electron chi connectivity index (χ0n) is 21.8. The largest absolute Gasteiger partial charge is 0.503 e. The summed E-state index contributed by atoms with van der Waals surface area (Å²) in [4.78, 5) is 73.7. The van der Waals surface area contributed by atoms with Gasteiger partial charge in [0.2, 0.25) is 16.3 Å². The summed E-state index contributed by atoms with van der Waals surface area (Å²) in [6.07, 6.45) is 3.88. The Hall–Kier alpha value is -5.34. The maximum absolute atomic E-state index is 12.8. The first-order valence-corrected chi connectivity index (χ1v) is 11.8. The molecule has 0 aliphatic heterocycles. The molecule has 3 amide bonds. The van der Waals surface area contributed by atoms with Crippen molar-refractivity contribution in [2.75, 3.05) is 19.6 Å². The Bertz CT molecular complexity index is 1460. The number of amides is 3. The maximum atomic E-state index is 12.8. The van der Waals surface area contributed by atoms with Gasteiger partial charge >= 0.3 is 0 Å². The van der Waals surface area contributed by atoms with Crippen molar-refractivity contribution < 1.29 is 29.7 Å². The van der Waals surface area contributed by atoms with Crippen LogP contribution in [0.15, 0.2) is 51.2 Å². The molecule has 40 heavy (non-hydrogen) atoms. The minimum Gasteiger partial charge on any atom is -0.503 e. The average Bonchev–Trinajstić information content (AvgIpc) is 2.90. The molecule has 0 saturated heterocycles. The van der Waals surface area contributed by atoms with Crippen LogP contribution in [0, 0.1) is 5.92 Å². The van der Waals surface area contributed by atoms with E-state index < -0.39 is 57.2 Å². The number of aryl methyl sites for hydroxylation is 3. The predicted molar refractivity (Wildman–Crippen MR) is 141 cm³/mol. The molecule has 0 bridgehead atoms. The van der Waals surface area contributed by atoms with E-state index in [-0.39, 0.29) is 36.7 Å². The maximum Gasteiger partial charge on any atom is 0.271 e. The Balaban J connectivity index is 1.80. The zero-order valence-corrected chi connectivity index (χ0v) is 21.8. The number of nitrogens with one attached hydrogen (secondary N) is 3. The van der Waals surface area contributed by atoms with Crippen LogP contribution in [0.3, 0.4) is 0 Å². The van der Waals surface area contributed by atoms with Crippen LogP contribution in [-0.4, -0.2) is 66.4 Å². The summed E-state index contributed by atoms with van der Waals surface area (Å²) >= 11 is 0. The summed E-state index contributed by atoms with van der Waals surface area (Å²) < 4.78 is 3.71. The second-order valence-corrected chi connectivity index (χ2v) is 8.96. The van der Waals surface area contributed by atoms with Crippen LogP contribution >= 0.6 is 0 Å². The van der Waals surface area contributed by atoms with Crippen molar-refractivity contribution in [3.05, 3.63) is 84.5 Å². The highest BCUT2D eigenvalue weighted by Crippen LogP contribution is 2.12. The van der Waals surface area contributed by atoms with E-state index in [9.17, 15) is 44.1 Å². The van der Waals surface area contributed by atoms with Crippen molar-refractivity contribution in [2.45, 2.75) is 0 Å². The van der Waals surface area contributed by atoms with Crippen molar-refractivity contribution in [3.8, 4) is 17.2 Å². The van der Waals surface area contributed by atoms with Gasteiger partial charge in [-0.05, 0) is 0 Å². The fraction of sp³-hybridized carbons (Fsp3) is 0.280. The molecule has 0 aliphatic carbocycles. The minimum atomic E-state index is -0.813. The van der Waals surface area contributed by atoms with E-state index >= 15 is 0 Å². The van der Waals surface area contributed by atoms with Crippen molar-refractivity contribution in [1.82, 2.24) is 29.7 Å². The lowest BCUT2D eigenvalue weighted by atomic mass is 10.1. The van der Waals surface area contributed by atoms with E-state index in [1.165, 1.54) is 53.4 Å². The van der Waals surface area contributed by atoms with E-state index in [1.807, 2.05) is 0 Å². The van der Waals surface area contributed by atoms with E-state index in [2.05, 4.69) is 16.0 Å². The first-order chi connectivity index (χ1) is 18.8. The van der Waals surface area contributed by atoms with E-state index in [0.717, 1.165) is 18.2 Å². The number of rotatable bonds is 9. The third-order valence-corrected chi connectivity index (χ3v) is 6.08. The first-order valence-electron chi connectivity index (χ1n) is 11.8. The quantitative estimate of drug-likeness (QED) is 0.173. The highest BCUT2D eigenvalue weighted by Gasteiger charge is 2.23. The van der Waals surface area contributed by atoms with Crippen molar-refractivity contribution >= 4 is 17.7 Å². The molecule has 6 N–H and O–H groups in total. The van der Waals surface area contributed by atoms with Gasteiger partial charge in [0, 0.05) is 83.5 Å². The topological polar surface area (TPSA) is 214 Å². The van der Waals surface area contributed by atoms with Crippen LogP contribution < -0.4 is 32.2 Å². The van der Waals surface area contributed by atoms with Gasteiger partial charge in [0.25, 0.3) is 17.7 Å². The number of aromatic nitrogens is 3. The SMILES string of the molecule is Cn1ccc(=O)c(O)c1C(=O)NCC(CNC(=O)c1c(O)c(=O)ccn1C)CNC(=O)c1c(O)c(=O)ccn1C. The van der Waals surface area contributed by atoms with Crippen molar-refractivity contribution in [1.29, 1.82) is 0 Å². The Labute approximate surface area is 225 Å². The van der Waals surface area contributed by atoms with Crippen LogP contribution in [0.4, 0.5) is 0 Å². The standard InChI is InChI=1S/C25H28N6O9/c1-29-7-4-14(32)20(35)17(29)23(38)26-10-13(11-27-24(39)18-21(36)15(33)5-8-30(18)2)12-28-25(40)19-22(37)16(34)6-9-31(19)3/h4-9,13,35-37H,10-12H2,1-3H3,(H,26,38)(H,27,39)(H,28,40). The Kier molecular flexibility index (Phi) is 8.78. The summed E-state index contributed by atoms with van der Waals surface area (Å²) in [6.45, 7) is -0.579. The molecule has 0 spiro atoms. The van der Waals surface area contributed by atoms with Crippen molar-refractivity contribution in [2.24, 2.45) is 27.1 Å². The van der Waals surface area contributed by atoms with Gasteiger partial charge in [-0.25, -0.2) is 0 Å². The van der Waals surface area contributed by atoms with E-state index in [4.69, 9.17) is 0 Å². The smallest absolute Gasteiger partial charge is 0.271 e. The van der Waals surface area contributed by atoms with Gasteiger partial charge in [-0.3, -0.25) is 28.8 Å². The molecule has 0 unspecified atom stereocenters. The van der Waals surface area contributed by atoms with E-state index in [0.29, 0.717) is 0 Å². The van der Waals surface area contributed by atoms with Gasteiger partial charge in [-0.15, -0.1) is 0 Å². The van der Waals surface area contributed by atoms with E-state index in [1.54, 1.807) is 0 Å². The van der Waals surface area contributed by atoms with Gasteiger partial charge in [0.1, 0.15) is 0 Å². The second kappa shape index (κ2) is 12.0. The second-order valence-electron chi connectivity index (χ2n) is 8.96. The molecule has 0 atom stereocenters. The fourth-order valence-corrected chi connectivity index (χ4v) is 3.83. The number of hydrogen-bond acceptors (Lipinski definition) is 9. The molecular weight excluding hydrogens is 528 g/mol. The lowest BCUT2D eigenvalue weighted by Gasteiger charge is -2.21. The molecule has 212 valence electrons. The molecule has 0 saturated carbocycles. The highest BCUT2D eigenvalue weighted by molar-refractivity contribution is 5.96. The lowest BCUT2D eigenvalue weighted by Crippen LogP contribution is -2.43. The Morgan fingerprint density at radius 3 is 1.10 bits per heavy atom. The normalized spacial score (nSPS) is 10.8. The van der Waals surface area contributed by atoms with Crippen LogP contribution in [0.5, 0.6) is 17.2 Å². The summed E-state index contributed by atoms with van der Waals surface area (Å²) in [5.74, 6) is -5.46. The molecular formula is C25H28N6O9. The monoisotopic (exact) mass is 556 g/mol. The van der Waals surface area contributed by atoms with Gasteiger partial charge in [0.05, 0.1) is 0 Å².